The highest BCUT2D eigenvalue weighted by molar-refractivity contribution is 7.90. The van der Waals surface area contributed by atoms with E-state index in [1.807, 2.05) is 11.3 Å². The molecule has 1 aromatic rings. The van der Waals surface area contributed by atoms with Crippen molar-refractivity contribution < 1.29 is 8.42 Å². The normalized spacial score (nSPS) is 20.1. The van der Waals surface area contributed by atoms with E-state index in [1.54, 1.807) is 4.31 Å². The van der Waals surface area contributed by atoms with Gasteiger partial charge in [0.25, 0.3) is 0 Å². The van der Waals surface area contributed by atoms with Crippen LogP contribution in [0.3, 0.4) is 0 Å². The Labute approximate surface area is 205 Å². The number of fused-ring (bicyclic) bond motifs is 2. The largest absolute Gasteiger partial charge is 0.369 e. The number of nitrogens with zero attached hydrogens (tertiary/aromatic N) is 4. The predicted molar refractivity (Wildman–Crippen MR) is 140 cm³/mol. The first-order valence-corrected chi connectivity index (χ1v) is 15.0. The lowest BCUT2D eigenvalue weighted by molar-refractivity contribution is 0.384. The molecule has 3 aliphatic heterocycles. The topological polar surface area (TPSA) is 56.5 Å². The van der Waals surface area contributed by atoms with Crippen LogP contribution < -0.4 is 14.8 Å². The molecular weight excluding hydrogens is 464 g/mol. The second-order valence-electron chi connectivity index (χ2n) is 9.95. The molecule has 0 spiro atoms. The Kier molecular flexibility index (Phi) is 5.66. The highest BCUT2D eigenvalue weighted by Crippen LogP contribution is 2.36. The molecular formula is C26H33N4O2S2+. The summed E-state index contributed by atoms with van der Waals surface area (Å²) >= 11 is 1.84. The third kappa shape index (κ3) is 3.93. The Morgan fingerprint density at radius 3 is 2.47 bits per heavy atom. The molecule has 0 radical (unpaired) electrons. The number of aromatic nitrogens is 1. The third-order valence-electron chi connectivity index (χ3n) is 7.59. The molecule has 1 aromatic carbocycles. The zero-order valence-corrected chi connectivity index (χ0v) is 21.7. The molecule has 5 aliphatic rings. The highest BCUT2D eigenvalue weighted by atomic mass is 32.2. The molecule has 0 atom stereocenters. The lowest BCUT2D eigenvalue weighted by Crippen LogP contribution is -2.49. The molecule has 0 bridgehead atoms. The number of anilines is 1. The van der Waals surface area contributed by atoms with Gasteiger partial charge in [0, 0.05) is 56.8 Å². The van der Waals surface area contributed by atoms with E-state index in [9.17, 15) is 8.42 Å². The van der Waals surface area contributed by atoms with Crippen LogP contribution in [0, 0.1) is 6.92 Å². The molecule has 0 N–H and O–H groups in total. The number of aryl methyl sites for hydroxylation is 2. The van der Waals surface area contributed by atoms with E-state index in [4.69, 9.17) is 4.98 Å². The van der Waals surface area contributed by atoms with Gasteiger partial charge in [0.2, 0.25) is 15.4 Å². The average Bonchev–Trinajstić information content (AvgIpc) is 3.58. The smallest absolute Gasteiger partial charge is 0.217 e. The Bertz CT molecular complexity index is 1390. The number of benzene rings is 2. The van der Waals surface area contributed by atoms with Crippen LogP contribution >= 0.6 is 11.3 Å². The van der Waals surface area contributed by atoms with E-state index in [0.29, 0.717) is 13.1 Å². The molecule has 3 heterocycles. The molecule has 0 aromatic heterocycles. The molecule has 6 nitrogen and oxygen atoms in total. The van der Waals surface area contributed by atoms with Crippen molar-refractivity contribution in [1.82, 2.24) is 13.9 Å². The fourth-order valence-corrected chi connectivity index (χ4v) is 8.42. The molecule has 0 unspecified atom stereocenters. The van der Waals surface area contributed by atoms with Gasteiger partial charge in [-0.25, -0.2) is 18.0 Å². The van der Waals surface area contributed by atoms with E-state index in [0.717, 1.165) is 56.7 Å². The van der Waals surface area contributed by atoms with Crippen molar-refractivity contribution >= 4 is 37.3 Å². The van der Waals surface area contributed by atoms with Gasteiger partial charge in [0.05, 0.1) is 26.0 Å². The predicted octanol–water partition coefficient (Wildman–Crippen LogP) is 3.45. The quantitative estimate of drug-likeness (QED) is 0.409. The molecule has 0 amide bonds. The lowest BCUT2D eigenvalue weighted by Gasteiger charge is -2.35. The van der Waals surface area contributed by atoms with Crippen LogP contribution in [-0.2, 0) is 16.4 Å². The summed E-state index contributed by atoms with van der Waals surface area (Å²) in [5.74, 6) is 0. The summed E-state index contributed by atoms with van der Waals surface area (Å²) in [5, 5.41) is 1.21. The average molecular weight is 498 g/mol. The minimum Gasteiger partial charge on any atom is -0.369 e. The number of rotatable bonds is 4. The molecule has 180 valence electrons. The van der Waals surface area contributed by atoms with E-state index in [-0.39, 0.29) is 5.25 Å². The van der Waals surface area contributed by atoms with Gasteiger partial charge in [-0.15, -0.1) is 11.3 Å². The SMILES string of the molecule is CCc1cc(=[N+]2CCCC2)cc2sc3cc(N4CCN(S(=O)(=O)C5CC5)CC4)cc(C)c3nc1-2. The van der Waals surface area contributed by atoms with Crippen molar-refractivity contribution in [2.45, 2.75) is 51.2 Å². The van der Waals surface area contributed by atoms with Crippen LogP contribution in [0.15, 0.2) is 24.3 Å². The van der Waals surface area contributed by atoms with Gasteiger partial charge in [0.1, 0.15) is 13.1 Å². The van der Waals surface area contributed by atoms with Gasteiger partial charge in [-0.2, -0.15) is 4.31 Å². The third-order valence-corrected chi connectivity index (χ3v) is 11.1. The van der Waals surface area contributed by atoms with E-state index < -0.39 is 10.0 Å². The zero-order chi connectivity index (χ0) is 23.4. The Morgan fingerprint density at radius 2 is 1.79 bits per heavy atom. The maximum atomic E-state index is 12.6. The van der Waals surface area contributed by atoms with Gasteiger partial charge < -0.3 is 4.90 Å². The van der Waals surface area contributed by atoms with E-state index in [2.05, 4.69) is 47.6 Å². The maximum absolute atomic E-state index is 12.6. The molecule has 2 aliphatic carbocycles. The van der Waals surface area contributed by atoms with Gasteiger partial charge >= 0.3 is 0 Å². The van der Waals surface area contributed by atoms with E-state index >= 15 is 0 Å². The van der Waals surface area contributed by atoms with Crippen LogP contribution in [0.1, 0.15) is 43.7 Å². The van der Waals surface area contributed by atoms with Gasteiger partial charge in [-0.3, -0.25) is 0 Å². The fourth-order valence-electron chi connectivity index (χ4n) is 5.42. The number of piperazine rings is 1. The second-order valence-corrected chi connectivity index (χ2v) is 13.2. The van der Waals surface area contributed by atoms with Crippen molar-refractivity contribution in [3.8, 4) is 10.6 Å². The molecule has 3 fully saturated rings. The first-order chi connectivity index (χ1) is 16.4. The summed E-state index contributed by atoms with van der Waals surface area (Å²) in [6, 6.07) is 9.17. The summed E-state index contributed by atoms with van der Waals surface area (Å²) in [4.78, 5) is 8.75. The van der Waals surface area contributed by atoms with E-state index in [1.165, 1.54) is 44.6 Å². The summed E-state index contributed by atoms with van der Waals surface area (Å²) < 4.78 is 30.7. The minimum absolute atomic E-state index is 0.124. The zero-order valence-electron chi connectivity index (χ0n) is 20.1. The standard InChI is InChI=1S/C26H33N4O2S2/c1-3-19-15-21(28-8-4-5-9-28)17-24-26(19)27-25-18(2)14-20(16-23(25)33-24)29-10-12-30(13-11-29)34(31,32)22-6-7-22/h14-17,22H,3-13H2,1-2H3/q+1. The Morgan fingerprint density at radius 1 is 1.06 bits per heavy atom. The van der Waals surface area contributed by atoms with Crippen LogP contribution in [-0.4, -0.2) is 62.2 Å². The Balaban J connectivity index is 1.37. The summed E-state index contributed by atoms with van der Waals surface area (Å²) in [6.07, 6.45) is 5.18. The molecule has 1 saturated carbocycles. The number of sulfonamides is 1. The first kappa shape index (κ1) is 22.4. The molecule has 2 saturated heterocycles. The first-order valence-electron chi connectivity index (χ1n) is 12.6. The van der Waals surface area contributed by atoms with Crippen molar-refractivity contribution in [3.05, 3.63) is 40.7 Å². The summed E-state index contributed by atoms with van der Waals surface area (Å²) in [6.45, 7) is 9.29. The molecule has 34 heavy (non-hydrogen) atoms. The van der Waals surface area contributed by atoms with Crippen molar-refractivity contribution in [3.63, 3.8) is 0 Å². The van der Waals surface area contributed by atoms with Gasteiger partial charge in [0.15, 0.2) is 0 Å². The van der Waals surface area contributed by atoms with Gasteiger partial charge in [-0.1, -0.05) is 6.92 Å². The summed E-state index contributed by atoms with van der Waals surface area (Å²) in [7, 11) is -3.08. The maximum Gasteiger partial charge on any atom is 0.217 e. The summed E-state index contributed by atoms with van der Waals surface area (Å²) in [5.41, 5.74) is 5.91. The minimum atomic E-state index is -3.08. The molecule has 6 rings (SSSR count). The fraction of sp³-hybridized carbons (Fsp3) is 0.538. The van der Waals surface area contributed by atoms with Crippen LogP contribution in [0.5, 0.6) is 0 Å². The van der Waals surface area contributed by atoms with Crippen molar-refractivity contribution in [1.29, 1.82) is 0 Å². The van der Waals surface area contributed by atoms with Crippen molar-refractivity contribution in [2.24, 2.45) is 0 Å². The lowest BCUT2D eigenvalue weighted by atomic mass is 10.1. The van der Waals surface area contributed by atoms with Crippen molar-refractivity contribution in [2.75, 3.05) is 44.2 Å². The van der Waals surface area contributed by atoms with Gasteiger partial charge in [-0.05, 0) is 49.4 Å². The second kappa shape index (κ2) is 8.57. The number of hydrogen-bond acceptors (Lipinski definition) is 5. The highest BCUT2D eigenvalue weighted by Gasteiger charge is 2.41. The Hall–Kier alpha value is -2.03. The monoisotopic (exact) mass is 497 g/mol. The van der Waals surface area contributed by atoms with Crippen LogP contribution in [0.2, 0.25) is 0 Å². The van der Waals surface area contributed by atoms with Crippen LogP contribution in [0.25, 0.3) is 20.8 Å². The molecule has 8 heteroatoms. The van der Waals surface area contributed by atoms with Crippen LogP contribution in [0.4, 0.5) is 5.69 Å². The number of hydrogen-bond donors (Lipinski definition) is 0.